The molecule has 130 valence electrons. The number of benzene rings is 1. The van der Waals surface area contributed by atoms with Crippen LogP contribution in [0.3, 0.4) is 0 Å². The standard InChI is InChI=1S/C17H24N4O2S/c1-11(15(22)18-17(2,3)4)24-16-20-19-14(21(16)5)12-7-9-13(23-6)10-8-12/h7-11H,1-6H3,(H,18,22)/t11-/m1/s1. The van der Waals surface area contributed by atoms with Gasteiger partial charge in [0.1, 0.15) is 5.75 Å². The van der Waals surface area contributed by atoms with E-state index in [0.29, 0.717) is 5.16 Å². The zero-order chi connectivity index (χ0) is 17.9. The fourth-order valence-electron chi connectivity index (χ4n) is 2.09. The van der Waals surface area contributed by atoms with Gasteiger partial charge in [0, 0.05) is 18.2 Å². The molecule has 1 atom stereocenters. The summed E-state index contributed by atoms with van der Waals surface area (Å²) in [6, 6.07) is 7.65. The lowest BCUT2D eigenvalue weighted by Gasteiger charge is -2.22. The summed E-state index contributed by atoms with van der Waals surface area (Å²) >= 11 is 1.39. The van der Waals surface area contributed by atoms with E-state index in [9.17, 15) is 4.79 Å². The summed E-state index contributed by atoms with van der Waals surface area (Å²) < 4.78 is 7.06. The van der Waals surface area contributed by atoms with Gasteiger partial charge in [-0.3, -0.25) is 4.79 Å². The minimum Gasteiger partial charge on any atom is -0.497 e. The molecular weight excluding hydrogens is 324 g/mol. The molecule has 1 aromatic carbocycles. The second-order valence-electron chi connectivity index (χ2n) is 6.59. The number of methoxy groups -OCH3 is 1. The van der Waals surface area contributed by atoms with Crippen LogP contribution in [0.5, 0.6) is 5.75 Å². The van der Waals surface area contributed by atoms with Gasteiger partial charge in [0.2, 0.25) is 5.91 Å². The number of carbonyl (C=O) groups is 1. The van der Waals surface area contributed by atoms with Crippen LogP contribution >= 0.6 is 11.8 Å². The van der Waals surface area contributed by atoms with Crippen LogP contribution in [0.25, 0.3) is 11.4 Å². The van der Waals surface area contributed by atoms with Crippen LogP contribution in [-0.2, 0) is 11.8 Å². The van der Waals surface area contributed by atoms with Gasteiger partial charge in [0.25, 0.3) is 0 Å². The molecule has 6 nitrogen and oxygen atoms in total. The number of thioether (sulfide) groups is 1. The molecule has 0 spiro atoms. The highest BCUT2D eigenvalue weighted by Gasteiger charge is 2.22. The first kappa shape index (κ1) is 18.3. The molecule has 7 heteroatoms. The van der Waals surface area contributed by atoms with E-state index in [1.807, 2.05) is 63.6 Å². The first-order chi connectivity index (χ1) is 11.2. The average Bonchev–Trinajstić information content (AvgIpc) is 2.87. The number of ether oxygens (including phenoxy) is 1. The topological polar surface area (TPSA) is 69.0 Å². The molecule has 0 bridgehead atoms. The first-order valence-electron chi connectivity index (χ1n) is 7.74. The van der Waals surface area contributed by atoms with Gasteiger partial charge in [0.05, 0.1) is 12.4 Å². The fourth-order valence-corrected chi connectivity index (χ4v) is 2.91. The Labute approximate surface area is 147 Å². The molecule has 1 aromatic heterocycles. The molecule has 24 heavy (non-hydrogen) atoms. The maximum absolute atomic E-state index is 12.2. The zero-order valence-corrected chi connectivity index (χ0v) is 15.8. The van der Waals surface area contributed by atoms with E-state index in [0.717, 1.165) is 17.1 Å². The van der Waals surface area contributed by atoms with Crippen molar-refractivity contribution in [1.82, 2.24) is 20.1 Å². The summed E-state index contributed by atoms with van der Waals surface area (Å²) in [4.78, 5) is 12.2. The van der Waals surface area contributed by atoms with Crippen LogP contribution in [0, 0.1) is 0 Å². The van der Waals surface area contributed by atoms with Crippen molar-refractivity contribution >= 4 is 17.7 Å². The van der Waals surface area contributed by atoms with Gasteiger partial charge in [-0.05, 0) is 52.0 Å². The Morgan fingerprint density at radius 1 is 1.25 bits per heavy atom. The molecule has 0 fully saturated rings. The molecule has 0 aliphatic heterocycles. The molecule has 2 rings (SSSR count). The van der Waals surface area contributed by atoms with Gasteiger partial charge in [-0.1, -0.05) is 11.8 Å². The number of amides is 1. The van der Waals surface area contributed by atoms with Crippen LogP contribution in [0.4, 0.5) is 0 Å². The van der Waals surface area contributed by atoms with E-state index < -0.39 is 0 Å². The highest BCUT2D eigenvalue weighted by molar-refractivity contribution is 8.00. The third-order valence-electron chi connectivity index (χ3n) is 3.33. The Morgan fingerprint density at radius 3 is 2.42 bits per heavy atom. The SMILES string of the molecule is COc1ccc(-c2nnc(S[C@H](C)C(=O)NC(C)(C)C)n2C)cc1. The summed E-state index contributed by atoms with van der Waals surface area (Å²) in [6.45, 7) is 7.76. The first-order valence-corrected chi connectivity index (χ1v) is 8.62. The van der Waals surface area contributed by atoms with Crippen LogP contribution in [0.2, 0.25) is 0 Å². The fraction of sp³-hybridized carbons (Fsp3) is 0.471. The van der Waals surface area contributed by atoms with E-state index in [1.54, 1.807) is 7.11 Å². The predicted molar refractivity (Wildman–Crippen MR) is 96.2 cm³/mol. The molecule has 0 radical (unpaired) electrons. The smallest absolute Gasteiger partial charge is 0.233 e. The second kappa shape index (κ2) is 7.25. The Bertz CT molecular complexity index is 704. The van der Waals surface area contributed by atoms with Crippen LogP contribution in [0.15, 0.2) is 29.4 Å². The number of nitrogens with zero attached hydrogens (tertiary/aromatic N) is 3. The van der Waals surface area contributed by atoms with Gasteiger partial charge < -0.3 is 14.6 Å². The van der Waals surface area contributed by atoms with Crippen molar-refractivity contribution in [3.63, 3.8) is 0 Å². The maximum atomic E-state index is 12.2. The molecule has 1 heterocycles. The molecule has 0 saturated heterocycles. The van der Waals surface area contributed by atoms with Gasteiger partial charge >= 0.3 is 0 Å². The number of nitrogens with one attached hydrogen (secondary N) is 1. The molecule has 0 aliphatic carbocycles. The molecule has 0 saturated carbocycles. The van der Waals surface area contributed by atoms with Crippen molar-refractivity contribution in [2.45, 2.75) is 43.6 Å². The van der Waals surface area contributed by atoms with Crippen molar-refractivity contribution < 1.29 is 9.53 Å². The number of hydrogen-bond donors (Lipinski definition) is 1. The zero-order valence-electron chi connectivity index (χ0n) is 15.0. The highest BCUT2D eigenvalue weighted by Crippen LogP contribution is 2.27. The lowest BCUT2D eigenvalue weighted by atomic mass is 10.1. The van der Waals surface area contributed by atoms with Gasteiger partial charge in [-0.25, -0.2) is 0 Å². The minimum atomic E-state index is -0.254. The quantitative estimate of drug-likeness (QED) is 0.842. The maximum Gasteiger partial charge on any atom is 0.233 e. The molecular formula is C17H24N4O2S. The summed E-state index contributed by atoms with van der Waals surface area (Å²) in [5.74, 6) is 1.54. The number of carbonyl (C=O) groups excluding carboxylic acids is 1. The van der Waals surface area contributed by atoms with Crippen molar-refractivity contribution in [3.8, 4) is 17.1 Å². The molecule has 0 unspecified atom stereocenters. The Hall–Kier alpha value is -2.02. The molecule has 2 aromatic rings. The van der Waals surface area contributed by atoms with Gasteiger partial charge in [-0.2, -0.15) is 0 Å². The van der Waals surface area contributed by atoms with Gasteiger partial charge in [-0.15, -0.1) is 10.2 Å². The molecule has 0 aliphatic rings. The summed E-state index contributed by atoms with van der Waals surface area (Å²) in [5, 5.41) is 11.9. The van der Waals surface area contributed by atoms with Crippen molar-refractivity contribution in [2.24, 2.45) is 7.05 Å². The Morgan fingerprint density at radius 2 is 1.88 bits per heavy atom. The third-order valence-corrected chi connectivity index (χ3v) is 4.47. The van der Waals surface area contributed by atoms with Crippen LogP contribution < -0.4 is 10.1 Å². The lowest BCUT2D eigenvalue weighted by Crippen LogP contribution is -2.44. The Kier molecular flexibility index (Phi) is 5.54. The Balaban J connectivity index is 2.13. The van der Waals surface area contributed by atoms with E-state index in [1.165, 1.54) is 11.8 Å². The van der Waals surface area contributed by atoms with E-state index in [2.05, 4.69) is 15.5 Å². The van der Waals surface area contributed by atoms with E-state index in [4.69, 9.17) is 4.74 Å². The van der Waals surface area contributed by atoms with Crippen molar-refractivity contribution in [2.75, 3.05) is 7.11 Å². The number of rotatable bonds is 5. The van der Waals surface area contributed by atoms with E-state index in [-0.39, 0.29) is 16.7 Å². The largest absolute Gasteiger partial charge is 0.497 e. The minimum absolute atomic E-state index is 0.0125. The third kappa shape index (κ3) is 4.50. The summed E-state index contributed by atoms with van der Waals surface area (Å²) in [7, 11) is 3.53. The lowest BCUT2D eigenvalue weighted by molar-refractivity contribution is -0.121. The summed E-state index contributed by atoms with van der Waals surface area (Å²) in [5.41, 5.74) is 0.699. The average molecular weight is 348 g/mol. The van der Waals surface area contributed by atoms with Crippen LogP contribution in [-0.4, -0.2) is 38.6 Å². The van der Waals surface area contributed by atoms with Crippen molar-refractivity contribution in [1.29, 1.82) is 0 Å². The predicted octanol–water partition coefficient (Wildman–Crippen LogP) is 2.89. The second-order valence-corrected chi connectivity index (χ2v) is 7.90. The molecule has 1 N–H and O–H groups in total. The van der Waals surface area contributed by atoms with Crippen molar-refractivity contribution in [3.05, 3.63) is 24.3 Å². The van der Waals surface area contributed by atoms with Crippen LogP contribution in [0.1, 0.15) is 27.7 Å². The molecule has 1 amide bonds. The number of aromatic nitrogens is 3. The normalized spacial score (nSPS) is 12.8. The summed E-state index contributed by atoms with van der Waals surface area (Å²) in [6.07, 6.45) is 0. The van der Waals surface area contributed by atoms with Gasteiger partial charge in [0.15, 0.2) is 11.0 Å². The monoisotopic (exact) mass is 348 g/mol. The highest BCUT2D eigenvalue weighted by atomic mass is 32.2. The van der Waals surface area contributed by atoms with E-state index >= 15 is 0 Å². The number of hydrogen-bond acceptors (Lipinski definition) is 5.